The molecule has 1 aliphatic carbocycles. The van der Waals surface area contributed by atoms with Crippen molar-refractivity contribution in [3.05, 3.63) is 0 Å². The summed E-state index contributed by atoms with van der Waals surface area (Å²) < 4.78 is 0. The van der Waals surface area contributed by atoms with Gasteiger partial charge in [-0.05, 0) is 18.3 Å². The van der Waals surface area contributed by atoms with Crippen LogP contribution in [-0.2, 0) is 4.79 Å². The van der Waals surface area contributed by atoms with E-state index in [-0.39, 0.29) is 13.0 Å². The number of carboxylic acids is 1. The Labute approximate surface area is 94.0 Å². The molecule has 0 aromatic heterocycles. The second-order valence-corrected chi connectivity index (χ2v) is 4.23. The summed E-state index contributed by atoms with van der Waals surface area (Å²) in [7, 11) is 0. The maximum absolute atomic E-state index is 11.3. The molecule has 0 aromatic rings. The molecule has 1 aliphatic rings. The molecule has 0 aliphatic heterocycles. The zero-order chi connectivity index (χ0) is 12.1. The van der Waals surface area contributed by atoms with Crippen molar-refractivity contribution in [2.45, 2.75) is 25.8 Å². The summed E-state index contributed by atoms with van der Waals surface area (Å²) in [5, 5.41) is 22.3. The van der Waals surface area contributed by atoms with E-state index in [1.807, 2.05) is 0 Å². The van der Waals surface area contributed by atoms with Gasteiger partial charge in [-0.15, -0.1) is 0 Å². The van der Waals surface area contributed by atoms with Gasteiger partial charge in [0.1, 0.15) is 6.04 Å². The molecule has 0 saturated heterocycles. The fourth-order valence-electron chi connectivity index (χ4n) is 1.50. The van der Waals surface area contributed by atoms with Crippen LogP contribution in [0.1, 0.15) is 19.8 Å². The first kappa shape index (κ1) is 12.8. The van der Waals surface area contributed by atoms with Gasteiger partial charge in [0.25, 0.3) is 0 Å². The van der Waals surface area contributed by atoms with Gasteiger partial charge in [0.15, 0.2) is 0 Å². The third kappa shape index (κ3) is 4.06. The molecule has 6 nitrogen and oxygen atoms in total. The standard InChI is InChI=1S/C10H18N2O4/c1-6-4-7(6)5-11-10(16)12-8(2-3-13)9(14)15/h6-8,13H,2-5H2,1H3,(H,14,15)(H2,11,12,16)/t6?,7?,8-/m0/s1. The summed E-state index contributed by atoms with van der Waals surface area (Å²) in [5.41, 5.74) is 0. The van der Waals surface area contributed by atoms with Crippen molar-refractivity contribution in [1.82, 2.24) is 10.6 Å². The quantitative estimate of drug-likeness (QED) is 0.507. The van der Waals surface area contributed by atoms with E-state index < -0.39 is 18.0 Å². The van der Waals surface area contributed by atoms with Crippen molar-refractivity contribution in [3.8, 4) is 0 Å². The average molecular weight is 230 g/mol. The first-order chi connectivity index (χ1) is 7.54. The molecule has 3 atom stereocenters. The predicted octanol–water partition coefficient (Wildman–Crippen LogP) is -0.223. The summed E-state index contributed by atoms with van der Waals surface area (Å²) in [5.74, 6) is 0.0314. The molecule has 4 N–H and O–H groups in total. The fraction of sp³-hybridized carbons (Fsp3) is 0.800. The van der Waals surface area contributed by atoms with Gasteiger partial charge in [0.2, 0.25) is 0 Å². The first-order valence-corrected chi connectivity index (χ1v) is 5.42. The summed E-state index contributed by atoms with van der Waals surface area (Å²) >= 11 is 0. The molecule has 6 heteroatoms. The Morgan fingerprint density at radius 2 is 2.12 bits per heavy atom. The molecule has 1 fully saturated rings. The Morgan fingerprint density at radius 3 is 2.56 bits per heavy atom. The third-order valence-corrected chi connectivity index (χ3v) is 2.82. The maximum Gasteiger partial charge on any atom is 0.326 e. The van der Waals surface area contributed by atoms with E-state index in [0.29, 0.717) is 18.4 Å². The molecule has 92 valence electrons. The van der Waals surface area contributed by atoms with Gasteiger partial charge >= 0.3 is 12.0 Å². The highest BCUT2D eigenvalue weighted by atomic mass is 16.4. The molecular formula is C10H18N2O4. The second-order valence-electron chi connectivity index (χ2n) is 4.23. The fourth-order valence-corrected chi connectivity index (χ4v) is 1.50. The van der Waals surface area contributed by atoms with Crippen molar-refractivity contribution in [3.63, 3.8) is 0 Å². The van der Waals surface area contributed by atoms with Crippen molar-refractivity contribution in [1.29, 1.82) is 0 Å². The van der Waals surface area contributed by atoms with Crippen LogP contribution < -0.4 is 10.6 Å². The van der Waals surface area contributed by atoms with E-state index in [4.69, 9.17) is 10.2 Å². The van der Waals surface area contributed by atoms with Crippen molar-refractivity contribution >= 4 is 12.0 Å². The average Bonchev–Trinajstić information content (AvgIpc) is 2.91. The van der Waals surface area contributed by atoms with Crippen LogP contribution in [0.3, 0.4) is 0 Å². The van der Waals surface area contributed by atoms with Gasteiger partial charge < -0.3 is 20.8 Å². The van der Waals surface area contributed by atoms with E-state index in [2.05, 4.69) is 17.6 Å². The zero-order valence-corrected chi connectivity index (χ0v) is 9.27. The Balaban J connectivity index is 2.22. The van der Waals surface area contributed by atoms with Crippen LogP contribution in [0.4, 0.5) is 4.79 Å². The van der Waals surface area contributed by atoms with Gasteiger partial charge in [-0.3, -0.25) is 0 Å². The molecule has 0 radical (unpaired) electrons. The van der Waals surface area contributed by atoms with E-state index in [0.717, 1.165) is 6.42 Å². The number of carbonyl (C=O) groups excluding carboxylic acids is 1. The first-order valence-electron chi connectivity index (χ1n) is 5.42. The minimum atomic E-state index is -1.14. The van der Waals surface area contributed by atoms with E-state index in [9.17, 15) is 9.59 Å². The highest BCUT2D eigenvalue weighted by molar-refractivity contribution is 5.82. The van der Waals surface area contributed by atoms with Crippen LogP contribution in [0.2, 0.25) is 0 Å². The van der Waals surface area contributed by atoms with Gasteiger partial charge in [0.05, 0.1) is 0 Å². The van der Waals surface area contributed by atoms with Crippen LogP contribution >= 0.6 is 0 Å². The number of rotatable bonds is 6. The summed E-state index contributed by atoms with van der Waals surface area (Å²) in [4.78, 5) is 22.0. The Morgan fingerprint density at radius 1 is 1.50 bits per heavy atom. The number of carboxylic acid groups (broad SMARTS) is 1. The number of urea groups is 1. The molecule has 0 aromatic carbocycles. The molecule has 0 spiro atoms. The Bertz CT molecular complexity index is 270. The lowest BCUT2D eigenvalue weighted by molar-refractivity contribution is -0.139. The third-order valence-electron chi connectivity index (χ3n) is 2.82. The number of aliphatic carboxylic acids is 1. The van der Waals surface area contributed by atoms with Gasteiger partial charge in [-0.25, -0.2) is 9.59 Å². The van der Waals surface area contributed by atoms with Gasteiger partial charge in [0, 0.05) is 19.6 Å². The van der Waals surface area contributed by atoms with E-state index in [1.165, 1.54) is 0 Å². The lowest BCUT2D eigenvalue weighted by Crippen LogP contribution is -2.46. The maximum atomic E-state index is 11.3. The normalized spacial score (nSPS) is 24.6. The topological polar surface area (TPSA) is 98.7 Å². The molecule has 0 heterocycles. The number of hydrogen-bond donors (Lipinski definition) is 4. The number of nitrogens with one attached hydrogen (secondary N) is 2. The molecule has 2 amide bonds. The lowest BCUT2D eigenvalue weighted by atomic mass is 10.2. The van der Waals surface area contributed by atoms with Crippen LogP contribution in [0.25, 0.3) is 0 Å². The van der Waals surface area contributed by atoms with Gasteiger partial charge in [-0.1, -0.05) is 6.92 Å². The molecule has 2 unspecified atom stereocenters. The smallest absolute Gasteiger partial charge is 0.326 e. The highest BCUT2D eigenvalue weighted by Gasteiger charge is 2.32. The minimum absolute atomic E-state index is 0.0165. The summed E-state index contributed by atoms with van der Waals surface area (Å²) in [6.45, 7) is 2.42. The lowest BCUT2D eigenvalue weighted by Gasteiger charge is -2.13. The SMILES string of the molecule is CC1CC1CNC(=O)N[C@@H](CCO)C(=O)O. The molecule has 0 bridgehead atoms. The number of carbonyl (C=O) groups is 2. The molecule has 16 heavy (non-hydrogen) atoms. The largest absolute Gasteiger partial charge is 0.480 e. The van der Waals surface area contributed by atoms with Crippen LogP contribution in [0.15, 0.2) is 0 Å². The van der Waals surface area contributed by atoms with Crippen LogP contribution in [0.5, 0.6) is 0 Å². The van der Waals surface area contributed by atoms with Crippen molar-refractivity contribution in [2.75, 3.05) is 13.2 Å². The Kier molecular flexibility index (Phi) is 4.54. The highest BCUT2D eigenvalue weighted by Crippen LogP contribution is 2.36. The van der Waals surface area contributed by atoms with Crippen molar-refractivity contribution in [2.24, 2.45) is 11.8 Å². The number of aliphatic hydroxyl groups excluding tert-OH is 1. The number of amides is 2. The predicted molar refractivity (Wildman–Crippen MR) is 56.9 cm³/mol. The summed E-state index contributed by atoms with van der Waals surface area (Å²) in [6, 6.07) is -1.51. The van der Waals surface area contributed by atoms with Crippen LogP contribution in [0, 0.1) is 11.8 Å². The van der Waals surface area contributed by atoms with Gasteiger partial charge in [-0.2, -0.15) is 0 Å². The van der Waals surface area contributed by atoms with E-state index >= 15 is 0 Å². The summed E-state index contributed by atoms with van der Waals surface area (Å²) in [6.07, 6.45) is 1.13. The van der Waals surface area contributed by atoms with E-state index in [1.54, 1.807) is 0 Å². The molecule has 1 saturated carbocycles. The molecular weight excluding hydrogens is 212 g/mol. The van der Waals surface area contributed by atoms with Crippen LogP contribution in [-0.4, -0.2) is 41.4 Å². The monoisotopic (exact) mass is 230 g/mol. The number of hydrogen-bond acceptors (Lipinski definition) is 3. The van der Waals surface area contributed by atoms with Crippen molar-refractivity contribution < 1.29 is 19.8 Å². The minimum Gasteiger partial charge on any atom is -0.480 e. The zero-order valence-electron chi connectivity index (χ0n) is 9.27. The number of aliphatic hydroxyl groups is 1. The Hall–Kier alpha value is -1.30. The molecule has 1 rings (SSSR count). The second kappa shape index (κ2) is 5.69.